The predicted octanol–water partition coefficient (Wildman–Crippen LogP) is 2.28. The van der Waals surface area contributed by atoms with Crippen LogP contribution in [-0.4, -0.2) is 32.2 Å². The molecule has 1 aromatic rings. The van der Waals surface area contributed by atoms with Crippen molar-refractivity contribution in [2.24, 2.45) is 5.92 Å². The molecule has 2 unspecified atom stereocenters. The molecule has 0 bridgehead atoms. The first-order chi connectivity index (χ1) is 8.61. The summed E-state index contributed by atoms with van der Waals surface area (Å²) in [5.74, 6) is -0.267. The number of nitrogens with one attached hydrogen (secondary N) is 2. The van der Waals surface area contributed by atoms with Gasteiger partial charge in [-0.2, -0.15) is 0 Å². The molecule has 1 fully saturated rings. The molecule has 0 aliphatic carbocycles. The van der Waals surface area contributed by atoms with Crippen molar-refractivity contribution in [1.29, 1.82) is 0 Å². The van der Waals surface area contributed by atoms with E-state index in [1.165, 1.54) is 0 Å². The van der Waals surface area contributed by atoms with Crippen LogP contribution in [0.15, 0.2) is 22.7 Å². The Balaban J connectivity index is 2.09. The Bertz CT molecular complexity index is 456. The summed E-state index contributed by atoms with van der Waals surface area (Å²) < 4.78 is 6.18. The standard InChI is InChI=1S/C12H14BrClN2O2/c1-15-11-6-18-5-8(11)12(17)16-10-4-7(13)2-3-9(10)14/h2-4,8,11,15H,5-6H2,1H3,(H,16,17). The number of anilines is 1. The van der Waals surface area contributed by atoms with Gasteiger partial charge in [0.2, 0.25) is 5.91 Å². The van der Waals surface area contributed by atoms with Crippen LogP contribution in [0, 0.1) is 5.92 Å². The summed E-state index contributed by atoms with van der Waals surface area (Å²) in [4.78, 5) is 12.1. The number of rotatable bonds is 3. The lowest BCUT2D eigenvalue weighted by Crippen LogP contribution is -2.39. The van der Waals surface area contributed by atoms with E-state index in [4.69, 9.17) is 16.3 Å². The first-order valence-corrected chi connectivity index (χ1v) is 6.80. The van der Waals surface area contributed by atoms with Crippen LogP contribution in [0.5, 0.6) is 0 Å². The Labute approximate surface area is 119 Å². The van der Waals surface area contributed by atoms with E-state index in [2.05, 4.69) is 26.6 Å². The second-order valence-electron chi connectivity index (χ2n) is 4.15. The van der Waals surface area contributed by atoms with Crippen LogP contribution in [0.25, 0.3) is 0 Å². The molecule has 0 spiro atoms. The fourth-order valence-electron chi connectivity index (χ4n) is 1.92. The van der Waals surface area contributed by atoms with Crippen LogP contribution >= 0.6 is 27.5 Å². The Morgan fingerprint density at radius 1 is 1.50 bits per heavy atom. The molecule has 0 aromatic heterocycles. The average Bonchev–Trinajstić information content (AvgIpc) is 2.82. The molecule has 1 aliphatic heterocycles. The molecule has 2 atom stereocenters. The average molecular weight is 334 g/mol. The molecule has 2 rings (SSSR count). The number of halogens is 2. The summed E-state index contributed by atoms with van der Waals surface area (Å²) in [6, 6.07) is 5.40. The van der Waals surface area contributed by atoms with Gasteiger partial charge in [-0.1, -0.05) is 27.5 Å². The van der Waals surface area contributed by atoms with E-state index in [0.29, 0.717) is 23.9 Å². The molecular weight excluding hydrogens is 320 g/mol. The zero-order valence-corrected chi connectivity index (χ0v) is 12.2. The zero-order chi connectivity index (χ0) is 13.1. The minimum atomic E-state index is -0.190. The maximum Gasteiger partial charge on any atom is 0.231 e. The van der Waals surface area contributed by atoms with E-state index in [1.807, 2.05) is 13.1 Å². The minimum Gasteiger partial charge on any atom is -0.379 e. The maximum absolute atomic E-state index is 12.1. The molecule has 1 aromatic carbocycles. The molecule has 18 heavy (non-hydrogen) atoms. The maximum atomic E-state index is 12.1. The van der Waals surface area contributed by atoms with Crippen molar-refractivity contribution in [2.75, 3.05) is 25.6 Å². The van der Waals surface area contributed by atoms with Gasteiger partial charge in [0.15, 0.2) is 0 Å². The summed E-state index contributed by atoms with van der Waals surface area (Å²) in [6.45, 7) is 0.990. The second kappa shape index (κ2) is 6.02. The number of carbonyl (C=O) groups excluding carboxylic acids is 1. The van der Waals surface area contributed by atoms with Gasteiger partial charge in [0.1, 0.15) is 0 Å². The number of ether oxygens (including phenoxy) is 1. The van der Waals surface area contributed by atoms with E-state index < -0.39 is 0 Å². The van der Waals surface area contributed by atoms with Gasteiger partial charge >= 0.3 is 0 Å². The summed E-state index contributed by atoms with van der Waals surface area (Å²) in [5, 5.41) is 6.43. The summed E-state index contributed by atoms with van der Waals surface area (Å²) in [5.41, 5.74) is 0.609. The van der Waals surface area contributed by atoms with Crippen LogP contribution < -0.4 is 10.6 Å². The lowest BCUT2D eigenvalue weighted by Gasteiger charge is -2.17. The van der Waals surface area contributed by atoms with Crippen molar-refractivity contribution in [1.82, 2.24) is 5.32 Å². The third-order valence-electron chi connectivity index (χ3n) is 2.97. The highest BCUT2D eigenvalue weighted by atomic mass is 79.9. The quantitative estimate of drug-likeness (QED) is 0.892. The highest BCUT2D eigenvalue weighted by Crippen LogP contribution is 2.27. The number of hydrogen-bond donors (Lipinski definition) is 2. The molecule has 0 saturated carbocycles. The Hall–Kier alpha value is -0.620. The van der Waals surface area contributed by atoms with Crippen LogP contribution in [0.4, 0.5) is 5.69 Å². The number of likely N-dealkylation sites (N-methyl/N-ethyl adjacent to an activating group) is 1. The fraction of sp³-hybridized carbons (Fsp3) is 0.417. The number of hydrogen-bond acceptors (Lipinski definition) is 3. The van der Waals surface area contributed by atoms with Crippen molar-refractivity contribution in [3.8, 4) is 0 Å². The molecular formula is C12H14BrClN2O2. The first-order valence-electron chi connectivity index (χ1n) is 5.62. The van der Waals surface area contributed by atoms with Crippen molar-refractivity contribution in [3.63, 3.8) is 0 Å². The zero-order valence-electron chi connectivity index (χ0n) is 9.87. The van der Waals surface area contributed by atoms with E-state index >= 15 is 0 Å². The topological polar surface area (TPSA) is 50.4 Å². The van der Waals surface area contributed by atoms with Gasteiger partial charge in [0, 0.05) is 10.5 Å². The lowest BCUT2D eigenvalue weighted by molar-refractivity contribution is -0.120. The normalized spacial score (nSPS) is 23.1. The number of carbonyl (C=O) groups is 1. The van der Waals surface area contributed by atoms with Crippen LogP contribution in [0.2, 0.25) is 5.02 Å². The Morgan fingerprint density at radius 3 is 3.00 bits per heavy atom. The van der Waals surface area contributed by atoms with Gasteiger partial charge in [-0.25, -0.2) is 0 Å². The third kappa shape index (κ3) is 3.03. The van der Waals surface area contributed by atoms with Crippen LogP contribution in [0.3, 0.4) is 0 Å². The second-order valence-corrected chi connectivity index (χ2v) is 5.48. The third-order valence-corrected chi connectivity index (χ3v) is 3.80. The van der Waals surface area contributed by atoms with Crippen LogP contribution in [0.1, 0.15) is 0 Å². The first kappa shape index (κ1) is 13.8. The van der Waals surface area contributed by atoms with Crippen molar-refractivity contribution < 1.29 is 9.53 Å². The largest absolute Gasteiger partial charge is 0.379 e. The molecule has 98 valence electrons. The molecule has 6 heteroatoms. The SMILES string of the molecule is CNC1COCC1C(=O)Nc1cc(Br)ccc1Cl. The molecule has 2 N–H and O–H groups in total. The van der Waals surface area contributed by atoms with Crippen molar-refractivity contribution in [2.45, 2.75) is 6.04 Å². The molecule has 1 aliphatic rings. The Kier molecular flexibility index (Phi) is 4.61. The highest BCUT2D eigenvalue weighted by Gasteiger charge is 2.33. The minimum absolute atomic E-state index is 0.0518. The van der Waals surface area contributed by atoms with Crippen molar-refractivity contribution >= 4 is 39.1 Å². The monoisotopic (exact) mass is 332 g/mol. The Morgan fingerprint density at radius 2 is 2.28 bits per heavy atom. The molecule has 4 nitrogen and oxygen atoms in total. The van der Waals surface area contributed by atoms with E-state index in [-0.39, 0.29) is 17.9 Å². The van der Waals surface area contributed by atoms with Crippen LogP contribution in [-0.2, 0) is 9.53 Å². The molecule has 1 heterocycles. The number of amides is 1. The van der Waals surface area contributed by atoms with Gasteiger partial charge in [0.05, 0.1) is 29.8 Å². The lowest BCUT2D eigenvalue weighted by atomic mass is 10.0. The summed E-state index contributed by atoms with van der Waals surface area (Å²) in [7, 11) is 1.83. The van der Waals surface area contributed by atoms with E-state index in [9.17, 15) is 4.79 Å². The summed E-state index contributed by atoms with van der Waals surface area (Å²) in [6.07, 6.45) is 0. The number of benzene rings is 1. The van der Waals surface area contributed by atoms with E-state index in [1.54, 1.807) is 12.1 Å². The highest BCUT2D eigenvalue weighted by molar-refractivity contribution is 9.10. The van der Waals surface area contributed by atoms with Gasteiger partial charge in [-0.05, 0) is 25.2 Å². The molecule has 1 saturated heterocycles. The van der Waals surface area contributed by atoms with E-state index in [0.717, 1.165) is 4.47 Å². The van der Waals surface area contributed by atoms with Gasteiger partial charge in [-0.3, -0.25) is 4.79 Å². The molecule has 1 amide bonds. The predicted molar refractivity (Wildman–Crippen MR) is 74.9 cm³/mol. The van der Waals surface area contributed by atoms with Crippen molar-refractivity contribution in [3.05, 3.63) is 27.7 Å². The van der Waals surface area contributed by atoms with Gasteiger partial charge in [0.25, 0.3) is 0 Å². The van der Waals surface area contributed by atoms with Gasteiger partial charge < -0.3 is 15.4 Å². The molecule has 0 radical (unpaired) electrons. The van der Waals surface area contributed by atoms with Gasteiger partial charge in [-0.15, -0.1) is 0 Å². The fourth-order valence-corrected chi connectivity index (χ4v) is 2.44. The summed E-state index contributed by atoms with van der Waals surface area (Å²) >= 11 is 9.38. The smallest absolute Gasteiger partial charge is 0.231 e.